The maximum Gasteiger partial charge on any atom is 0.187 e. The Morgan fingerprint density at radius 3 is 2.59 bits per heavy atom. The molecule has 3 rings (SSSR count). The van der Waals surface area contributed by atoms with E-state index in [1.807, 2.05) is 54.6 Å². The van der Waals surface area contributed by atoms with Crippen LogP contribution in [0.15, 0.2) is 79.0 Å². The molecule has 0 unspecified atom stereocenters. The zero-order chi connectivity index (χ0) is 15.4. The number of carbonyl (C=O) groups is 1. The van der Waals surface area contributed by atoms with Crippen LogP contribution in [-0.2, 0) is 0 Å². The lowest BCUT2D eigenvalue weighted by molar-refractivity contribution is 0.104. The molecule has 0 aliphatic carbocycles. The fourth-order valence-electron chi connectivity index (χ4n) is 2.32. The number of hydrogen-bond donors (Lipinski definition) is 1. The van der Waals surface area contributed by atoms with E-state index in [-0.39, 0.29) is 5.78 Å². The van der Waals surface area contributed by atoms with E-state index in [4.69, 9.17) is 11.6 Å². The van der Waals surface area contributed by atoms with Crippen molar-refractivity contribution < 1.29 is 4.79 Å². The van der Waals surface area contributed by atoms with Crippen molar-refractivity contribution in [3.05, 3.63) is 89.6 Å². The van der Waals surface area contributed by atoms with Crippen molar-refractivity contribution in [1.82, 2.24) is 0 Å². The van der Waals surface area contributed by atoms with Gasteiger partial charge in [-0.25, -0.2) is 0 Å². The summed E-state index contributed by atoms with van der Waals surface area (Å²) in [5.74, 6) is -0.0358. The first kappa shape index (κ1) is 14.4. The molecular formula is C19H14ClNO. The van der Waals surface area contributed by atoms with Crippen molar-refractivity contribution in [2.75, 3.05) is 5.32 Å². The molecular weight excluding hydrogens is 294 g/mol. The maximum atomic E-state index is 12.4. The lowest BCUT2D eigenvalue weighted by atomic mass is 10.0. The van der Waals surface area contributed by atoms with Crippen molar-refractivity contribution in [3.8, 4) is 0 Å². The average molecular weight is 308 g/mol. The van der Waals surface area contributed by atoms with Crippen LogP contribution in [0.5, 0.6) is 0 Å². The average Bonchev–Trinajstić information content (AvgIpc) is 2.54. The van der Waals surface area contributed by atoms with Gasteiger partial charge in [-0.2, -0.15) is 0 Å². The number of benzene rings is 3. The molecule has 3 aromatic rings. The quantitative estimate of drug-likeness (QED) is 0.523. The van der Waals surface area contributed by atoms with Gasteiger partial charge in [-0.1, -0.05) is 60.1 Å². The highest BCUT2D eigenvalue weighted by molar-refractivity contribution is 6.30. The molecule has 0 atom stereocenters. The Morgan fingerprint density at radius 1 is 0.955 bits per heavy atom. The molecule has 0 aliphatic heterocycles. The summed E-state index contributed by atoms with van der Waals surface area (Å²) in [5, 5.41) is 5.72. The Bertz CT molecular complexity index is 849. The van der Waals surface area contributed by atoms with Crippen molar-refractivity contribution in [2.24, 2.45) is 0 Å². The van der Waals surface area contributed by atoms with Gasteiger partial charge in [-0.15, -0.1) is 0 Å². The molecule has 2 nitrogen and oxygen atoms in total. The Morgan fingerprint density at radius 2 is 1.73 bits per heavy atom. The lowest BCUT2D eigenvalue weighted by Crippen LogP contribution is -1.97. The lowest BCUT2D eigenvalue weighted by Gasteiger charge is -2.03. The van der Waals surface area contributed by atoms with Gasteiger partial charge >= 0.3 is 0 Å². The second-order valence-corrected chi connectivity index (χ2v) is 5.32. The Balaban J connectivity index is 1.80. The number of carbonyl (C=O) groups excluding carboxylic acids is 1. The van der Waals surface area contributed by atoms with Crippen molar-refractivity contribution >= 4 is 33.8 Å². The fourth-order valence-corrected chi connectivity index (χ4v) is 2.51. The molecule has 22 heavy (non-hydrogen) atoms. The van der Waals surface area contributed by atoms with E-state index in [2.05, 4.69) is 5.32 Å². The molecule has 1 N–H and O–H groups in total. The summed E-state index contributed by atoms with van der Waals surface area (Å²) in [4.78, 5) is 12.4. The second-order valence-electron chi connectivity index (χ2n) is 4.88. The largest absolute Gasteiger partial charge is 0.362 e. The van der Waals surface area contributed by atoms with Crippen LogP contribution in [0.25, 0.3) is 10.8 Å². The molecule has 108 valence electrons. The van der Waals surface area contributed by atoms with Gasteiger partial charge in [0.25, 0.3) is 0 Å². The molecule has 0 amide bonds. The van der Waals surface area contributed by atoms with Gasteiger partial charge in [0.1, 0.15) is 0 Å². The highest BCUT2D eigenvalue weighted by Crippen LogP contribution is 2.19. The highest BCUT2D eigenvalue weighted by atomic mass is 35.5. The number of nitrogens with one attached hydrogen (secondary N) is 1. The van der Waals surface area contributed by atoms with Crippen LogP contribution in [-0.4, -0.2) is 5.78 Å². The smallest absolute Gasteiger partial charge is 0.187 e. The number of hydrogen-bond acceptors (Lipinski definition) is 2. The number of fused-ring (bicyclic) bond motifs is 1. The van der Waals surface area contributed by atoms with Crippen LogP contribution >= 0.6 is 11.6 Å². The zero-order valence-electron chi connectivity index (χ0n) is 11.8. The monoisotopic (exact) mass is 307 g/mol. The minimum atomic E-state index is -0.0358. The minimum absolute atomic E-state index is 0.0358. The van der Waals surface area contributed by atoms with E-state index < -0.39 is 0 Å². The molecule has 3 aromatic carbocycles. The SMILES string of the molecule is O=C(/C=C\Nc1cccc(Cl)c1)c1cccc2ccccc12. The van der Waals surface area contributed by atoms with E-state index in [0.29, 0.717) is 10.6 Å². The van der Waals surface area contributed by atoms with Crippen LogP contribution in [0.4, 0.5) is 5.69 Å². The van der Waals surface area contributed by atoms with Gasteiger partial charge in [0.15, 0.2) is 5.78 Å². The summed E-state index contributed by atoms with van der Waals surface area (Å²) < 4.78 is 0. The van der Waals surface area contributed by atoms with E-state index in [1.165, 1.54) is 6.08 Å². The van der Waals surface area contributed by atoms with Crippen LogP contribution < -0.4 is 5.32 Å². The van der Waals surface area contributed by atoms with Crippen LogP contribution in [0.2, 0.25) is 5.02 Å². The Labute approximate surface area is 134 Å². The third-order valence-electron chi connectivity index (χ3n) is 3.36. The summed E-state index contributed by atoms with van der Waals surface area (Å²) in [5.41, 5.74) is 1.54. The fraction of sp³-hybridized carbons (Fsp3) is 0. The van der Waals surface area contributed by atoms with E-state index in [0.717, 1.165) is 16.5 Å². The van der Waals surface area contributed by atoms with Gasteiger partial charge in [-0.3, -0.25) is 4.79 Å². The summed E-state index contributed by atoms with van der Waals surface area (Å²) in [6, 6.07) is 20.9. The van der Waals surface area contributed by atoms with Crippen molar-refractivity contribution in [2.45, 2.75) is 0 Å². The van der Waals surface area contributed by atoms with Crippen LogP contribution in [0.3, 0.4) is 0 Å². The molecule has 0 aliphatic rings. The first-order valence-corrected chi connectivity index (χ1v) is 7.32. The molecule has 0 saturated heterocycles. The summed E-state index contributed by atoms with van der Waals surface area (Å²) >= 11 is 5.92. The number of ketones is 1. The van der Waals surface area contributed by atoms with E-state index in [1.54, 1.807) is 18.3 Å². The number of anilines is 1. The molecule has 0 spiro atoms. The third kappa shape index (κ3) is 3.18. The normalized spacial score (nSPS) is 11.0. The minimum Gasteiger partial charge on any atom is -0.362 e. The molecule has 3 heteroatoms. The molecule has 0 bridgehead atoms. The van der Waals surface area contributed by atoms with Crippen LogP contribution in [0.1, 0.15) is 10.4 Å². The molecule has 0 aromatic heterocycles. The van der Waals surface area contributed by atoms with Gasteiger partial charge in [0.05, 0.1) is 0 Å². The van der Waals surface area contributed by atoms with Gasteiger partial charge in [0, 0.05) is 28.5 Å². The van der Waals surface area contributed by atoms with Crippen molar-refractivity contribution in [1.29, 1.82) is 0 Å². The zero-order valence-corrected chi connectivity index (χ0v) is 12.5. The topological polar surface area (TPSA) is 29.1 Å². The molecule has 0 saturated carbocycles. The molecule has 0 radical (unpaired) electrons. The predicted octanol–water partition coefficient (Wildman–Crippen LogP) is 5.30. The Kier molecular flexibility index (Phi) is 4.22. The highest BCUT2D eigenvalue weighted by Gasteiger charge is 2.06. The summed E-state index contributed by atoms with van der Waals surface area (Å²) in [7, 11) is 0. The first-order chi connectivity index (χ1) is 10.7. The van der Waals surface area contributed by atoms with Gasteiger partial charge in [-0.05, 0) is 29.0 Å². The number of halogens is 1. The standard InChI is InChI=1S/C19H14ClNO/c20-15-7-4-8-16(13-15)21-12-11-19(22)18-10-3-6-14-5-1-2-9-17(14)18/h1-13,21H/b12-11-. The van der Waals surface area contributed by atoms with Gasteiger partial charge < -0.3 is 5.32 Å². The van der Waals surface area contributed by atoms with Crippen molar-refractivity contribution in [3.63, 3.8) is 0 Å². The number of allylic oxidation sites excluding steroid dienone is 1. The summed E-state index contributed by atoms with van der Waals surface area (Å²) in [6.45, 7) is 0. The van der Waals surface area contributed by atoms with Gasteiger partial charge in [0.2, 0.25) is 0 Å². The predicted molar refractivity (Wildman–Crippen MR) is 92.5 cm³/mol. The first-order valence-electron chi connectivity index (χ1n) is 6.95. The summed E-state index contributed by atoms with van der Waals surface area (Å²) in [6.07, 6.45) is 3.17. The van der Waals surface area contributed by atoms with E-state index >= 15 is 0 Å². The molecule has 0 fully saturated rings. The second kappa shape index (κ2) is 6.46. The van der Waals surface area contributed by atoms with Crippen LogP contribution in [0, 0.1) is 0 Å². The Hall–Kier alpha value is -2.58. The van der Waals surface area contributed by atoms with E-state index in [9.17, 15) is 4.79 Å². The maximum absolute atomic E-state index is 12.4. The third-order valence-corrected chi connectivity index (χ3v) is 3.60. The molecule has 0 heterocycles. The number of rotatable bonds is 4.